The summed E-state index contributed by atoms with van der Waals surface area (Å²) in [6.45, 7) is 3.93. The average Bonchev–Trinajstić information content (AvgIpc) is 2.68. The zero-order valence-electron chi connectivity index (χ0n) is 16.2. The van der Waals surface area contributed by atoms with E-state index >= 15 is 0 Å². The van der Waals surface area contributed by atoms with Crippen molar-refractivity contribution in [3.05, 3.63) is 82.9 Å². The largest absolute Gasteiger partial charge is 0.378 e. The van der Waals surface area contributed by atoms with Crippen LogP contribution in [0.5, 0.6) is 5.75 Å². The number of hydrogen-bond acceptors (Lipinski definition) is 3. The minimum atomic E-state index is -3.90. The zero-order chi connectivity index (χ0) is 19.7. The lowest BCUT2D eigenvalue weighted by molar-refractivity contribution is 0.486. The van der Waals surface area contributed by atoms with Crippen LogP contribution in [0.15, 0.2) is 65.6 Å². The molecule has 3 aromatic carbocycles. The Bertz CT molecular complexity index is 1110. The van der Waals surface area contributed by atoms with Crippen LogP contribution in [0.4, 0.5) is 0 Å². The van der Waals surface area contributed by atoms with E-state index in [-0.39, 0.29) is 4.90 Å². The summed E-state index contributed by atoms with van der Waals surface area (Å²) in [5.74, 6) is 0.388. The summed E-state index contributed by atoms with van der Waals surface area (Å²) < 4.78 is 31.4. The second-order valence-electron chi connectivity index (χ2n) is 7.45. The molecule has 0 saturated carbocycles. The van der Waals surface area contributed by atoms with Crippen molar-refractivity contribution in [3.8, 4) is 16.9 Å². The second-order valence-corrected chi connectivity index (χ2v) is 9.00. The molecule has 0 bridgehead atoms. The van der Waals surface area contributed by atoms with Gasteiger partial charge in [-0.25, -0.2) is 0 Å². The van der Waals surface area contributed by atoms with Gasteiger partial charge in [-0.05, 0) is 80.0 Å². The lowest BCUT2D eigenvalue weighted by atomic mass is 9.84. The fourth-order valence-electron chi connectivity index (χ4n) is 3.94. The lowest BCUT2D eigenvalue weighted by Crippen LogP contribution is -2.11. The Hall–Kier alpha value is -2.59. The average molecular weight is 393 g/mol. The summed E-state index contributed by atoms with van der Waals surface area (Å²) in [5, 5.41) is 0. The first-order chi connectivity index (χ1) is 13.5. The third-order valence-electron chi connectivity index (χ3n) is 5.41. The number of aryl methyl sites for hydroxylation is 3. The highest BCUT2D eigenvalue weighted by molar-refractivity contribution is 7.87. The van der Waals surface area contributed by atoms with E-state index in [0.29, 0.717) is 5.75 Å². The molecule has 1 aliphatic carbocycles. The van der Waals surface area contributed by atoms with Crippen LogP contribution >= 0.6 is 0 Å². The zero-order valence-corrected chi connectivity index (χ0v) is 17.1. The summed E-state index contributed by atoms with van der Waals surface area (Å²) in [7, 11) is -3.90. The molecule has 3 nitrogen and oxygen atoms in total. The van der Waals surface area contributed by atoms with E-state index in [0.717, 1.165) is 41.5 Å². The van der Waals surface area contributed by atoms with Gasteiger partial charge < -0.3 is 4.18 Å². The van der Waals surface area contributed by atoms with Crippen molar-refractivity contribution in [1.82, 2.24) is 0 Å². The molecule has 4 rings (SSSR count). The Balaban J connectivity index is 1.81. The summed E-state index contributed by atoms with van der Waals surface area (Å²) in [5.41, 5.74) is 6.66. The standard InChI is InChI=1S/C24H24O3S/c1-17-13-15-20(16-14-17)28(25,26)27-23-12-5-7-18(2)24(23)22-11-6-9-19-8-3-4-10-21(19)22/h5-7,9,11-16H,3-4,8,10H2,1-2H3. The fraction of sp³-hybridized carbons (Fsp3) is 0.250. The van der Waals surface area contributed by atoms with Crippen LogP contribution in [0, 0.1) is 13.8 Å². The Morgan fingerprint density at radius 3 is 2.32 bits per heavy atom. The second kappa shape index (κ2) is 7.44. The van der Waals surface area contributed by atoms with Crippen LogP contribution in [0.3, 0.4) is 0 Å². The van der Waals surface area contributed by atoms with Gasteiger partial charge in [-0.2, -0.15) is 8.42 Å². The summed E-state index contributed by atoms with van der Waals surface area (Å²) in [4.78, 5) is 0.167. The topological polar surface area (TPSA) is 43.4 Å². The van der Waals surface area contributed by atoms with Crippen molar-refractivity contribution < 1.29 is 12.6 Å². The van der Waals surface area contributed by atoms with Crippen LogP contribution in [0.1, 0.15) is 35.1 Å². The van der Waals surface area contributed by atoms with Gasteiger partial charge in [0.25, 0.3) is 0 Å². The predicted octanol–water partition coefficient (Wildman–Crippen LogP) is 5.62. The molecule has 0 aliphatic heterocycles. The van der Waals surface area contributed by atoms with E-state index in [4.69, 9.17) is 4.18 Å². The van der Waals surface area contributed by atoms with Crippen molar-refractivity contribution in [2.45, 2.75) is 44.4 Å². The minimum absolute atomic E-state index is 0.167. The van der Waals surface area contributed by atoms with Crippen molar-refractivity contribution in [3.63, 3.8) is 0 Å². The molecule has 0 atom stereocenters. The summed E-state index contributed by atoms with van der Waals surface area (Å²) in [6.07, 6.45) is 4.46. The maximum Gasteiger partial charge on any atom is 0.339 e. The van der Waals surface area contributed by atoms with Crippen LogP contribution in [-0.4, -0.2) is 8.42 Å². The van der Waals surface area contributed by atoms with Gasteiger partial charge in [0.1, 0.15) is 4.90 Å². The van der Waals surface area contributed by atoms with Gasteiger partial charge in [-0.1, -0.05) is 48.0 Å². The fourth-order valence-corrected chi connectivity index (χ4v) is 4.88. The Kier molecular flexibility index (Phi) is 4.98. The molecule has 144 valence electrons. The van der Waals surface area contributed by atoms with Crippen molar-refractivity contribution in [2.24, 2.45) is 0 Å². The first kappa shape index (κ1) is 18.8. The van der Waals surface area contributed by atoms with E-state index < -0.39 is 10.1 Å². The van der Waals surface area contributed by atoms with Gasteiger partial charge in [0.05, 0.1) is 0 Å². The van der Waals surface area contributed by atoms with E-state index in [1.165, 1.54) is 17.5 Å². The Morgan fingerprint density at radius 2 is 1.54 bits per heavy atom. The summed E-state index contributed by atoms with van der Waals surface area (Å²) >= 11 is 0. The van der Waals surface area contributed by atoms with E-state index in [1.807, 2.05) is 26.0 Å². The van der Waals surface area contributed by atoms with Crippen LogP contribution < -0.4 is 4.18 Å². The molecular weight excluding hydrogens is 368 g/mol. The normalized spacial score (nSPS) is 13.8. The molecule has 0 saturated heterocycles. The van der Waals surface area contributed by atoms with Crippen LogP contribution in [0.25, 0.3) is 11.1 Å². The SMILES string of the molecule is Cc1ccc(S(=O)(=O)Oc2cccc(C)c2-c2cccc3c2CCCC3)cc1. The van der Waals surface area contributed by atoms with E-state index in [1.54, 1.807) is 30.3 Å². The quantitative estimate of drug-likeness (QED) is 0.542. The maximum absolute atomic E-state index is 12.9. The highest BCUT2D eigenvalue weighted by Gasteiger charge is 2.22. The van der Waals surface area contributed by atoms with Crippen molar-refractivity contribution in [1.29, 1.82) is 0 Å². The van der Waals surface area contributed by atoms with Crippen LogP contribution in [0.2, 0.25) is 0 Å². The van der Waals surface area contributed by atoms with Crippen molar-refractivity contribution in [2.75, 3.05) is 0 Å². The van der Waals surface area contributed by atoms with Crippen LogP contribution in [-0.2, 0) is 23.0 Å². The molecule has 4 heteroatoms. The predicted molar refractivity (Wildman–Crippen MR) is 112 cm³/mol. The smallest absolute Gasteiger partial charge is 0.339 e. The first-order valence-corrected chi connectivity index (χ1v) is 11.1. The third kappa shape index (κ3) is 3.57. The molecule has 0 heterocycles. The van der Waals surface area contributed by atoms with Crippen molar-refractivity contribution >= 4 is 10.1 Å². The van der Waals surface area contributed by atoms with Gasteiger partial charge in [-0.15, -0.1) is 0 Å². The van der Waals surface area contributed by atoms with E-state index in [2.05, 4.69) is 18.2 Å². The molecule has 0 radical (unpaired) electrons. The Morgan fingerprint density at radius 1 is 0.821 bits per heavy atom. The summed E-state index contributed by atoms with van der Waals surface area (Å²) in [6, 6.07) is 18.6. The molecular formula is C24H24O3S. The molecule has 0 aromatic heterocycles. The van der Waals surface area contributed by atoms with Gasteiger partial charge in [0.15, 0.2) is 5.75 Å². The van der Waals surface area contributed by atoms with Gasteiger partial charge in [-0.3, -0.25) is 0 Å². The number of hydrogen-bond donors (Lipinski definition) is 0. The molecule has 1 aliphatic rings. The first-order valence-electron chi connectivity index (χ1n) is 9.67. The molecule has 0 fully saturated rings. The monoisotopic (exact) mass is 392 g/mol. The molecule has 0 spiro atoms. The molecule has 3 aromatic rings. The van der Waals surface area contributed by atoms with E-state index in [9.17, 15) is 8.42 Å². The molecule has 0 unspecified atom stereocenters. The van der Waals surface area contributed by atoms with Gasteiger partial charge in [0.2, 0.25) is 0 Å². The molecule has 0 N–H and O–H groups in total. The van der Waals surface area contributed by atoms with Gasteiger partial charge in [0, 0.05) is 5.56 Å². The third-order valence-corrected chi connectivity index (χ3v) is 6.66. The molecule has 0 amide bonds. The lowest BCUT2D eigenvalue weighted by Gasteiger charge is -2.22. The van der Waals surface area contributed by atoms with Gasteiger partial charge >= 0.3 is 10.1 Å². The minimum Gasteiger partial charge on any atom is -0.378 e. The Labute approximate surface area is 167 Å². The highest BCUT2D eigenvalue weighted by Crippen LogP contribution is 2.39. The number of rotatable bonds is 4. The molecule has 28 heavy (non-hydrogen) atoms. The maximum atomic E-state index is 12.9. The number of benzene rings is 3. The highest BCUT2D eigenvalue weighted by atomic mass is 32.2. The number of fused-ring (bicyclic) bond motifs is 1.